The van der Waals surface area contributed by atoms with Gasteiger partial charge in [-0.2, -0.15) is 0 Å². The summed E-state index contributed by atoms with van der Waals surface area (Å²) < 4.78 is 40.6. The van der Waals surface area contributed by atoms with Crippen LogP contribution in [-0.4, -0.2) is 72.1 Å². The van der Waals surface area contributed by atoms with Gasteiger partial charge in [0.05, 0.1) is 53.6 Å². The van der Waals surface area contributed by atoms with E-state index in [-0.39, 0.29) is 35.5 Å². The maximum atomic E-state index is 14.8. The molecule has 2 aromatic rings. The first-order valence-corrected chi connectivity index (χ1v) is 14.4. The van der Waals surface area contributed by atoms with Crippen LogP contribution in [0.3, 0.4) is 0 Å². The first kappa shape index (κ1) is 28.3. The maximum absolute atomic E-state index is 14.8. The molecule has 6 rings (SSSR count). The molecule has 0 aliphatic carbocycles. The van der Waals surface area contributed by atoms with Gasteiger partial charge < -0.3 is 19.7 Å². The smallest absolute Gasteiger partial charge is 0.417 e. The summed E-state index contributed by atoms with van der Waals surface area (Å²) in [6.45, 7) is 8.51. The Morgan fingerprint density at radius 2 is 1.86 bits per heavy atom. The van der Waals surface area contributed by atoms with Crippen LogP contribution in [-0.2, 0) is 14.3 Å². The van der Waals surface area contributed by atoms with E-state index in [4.69, 9.17) is 9.47 Å². The minimum atomic E-state index is -0.811. The van der Waals surface area contributed by atoms with Crippen molar-refractivity contribution in [1.82, 2.24) is 9.88 Å². The normalized spacial score (nSPS) is 22.0. The van der Waals surface area contributed by atoms with Crippen LogP contribution in [0.15, 0.2) is 52.8 Å². The standard InChI is InChI=1S/C31H35F2N5O4/c1-30(2,3)42-29(40)38-17-24-27(28(38)39)23(15-22(35-24)26-20(32)5-4-6-21(26)33)36-25-8-7-19(16-34-25)37-12-9-31(10-13-37)11-14-41-18-31/h4-8,16,23H,9-15,17-18H2,1-3H3,(H,34,36). The molecule has 2 fully saturated rings. The topological polar surface area (TPSA) is 96.4 Å². The van der Waals surface area contributed by atoms with Crippen molar-refractivity contribution in [2.24, 2.45) is 10.4 Å². The number of hydrogen-bond acceptors (Lipinski definition) is 8. The number of nitrogens with one attached hydrogen (secondary N) is 1. The van der Waals surface area contributed by atoms with E-state index >= 15 is 0 Å². The quantitative estimate of drug-likeness (QED) is 0.540. The number of pyridine rings is 1. The maximum Gasteiger partial charge on any atom is 0.417 e. The SMILES string of the molecule is CC(C)(C)OC(=O)N1CC2=C(C1=O)C(Nc1ccc(N3CCC4(CCOC4)CC3)cn1)CC(c1c(F)cccc1F)=N2. The number of carbonyl (C=O) groups excluding carboxylic acids is 2. The van der Waals surface area contributed by atoms with Crippen LogP contribution in [0.4, 0.5) is 25.1 Å². The fourth-order valence-corrected chi connectivity index (χ4v) is 6.16. The molecule has 1 atom stereocenters. The fraction of sp³-hybridized carbons (Fsp3) is 0.484. The highest BCUT2D eigenvalue weighted by Gasteiger charge is 2.43. The van der Waals surface area contributed by atoms with Crippen molar-refractivity contribution >= 4 is 29.2 Å². The van der Waals surface area contributed by atoms with Crippen LogP contribution >= 0.6 is 0 Å². The number of nitrogens with zero attached hydrogens (tertiary/aromatic N) is 4. The van der Waals surface area contributed by atoms with Gasteiger partial charge in [-0.25, -0.2) is 23.5 Å². The molecule has 2 saturated heterocycles. The summed E-state index contributed by atoms with van der Waals surface area (Å²) in [5, 5.41) is 3.27. The number of rotatable bonds is 4. The Bertz CT molecular complexity index is 1430. The van der Waals surface area contributed by atoms with Gasteiger partial charge in [0.2, 0.25) is 0 Å². The Hall–Kier alpha value is -3.86. The Morgan fingerprint density at radius 3 is 2.48 bits per heavy atom. The number of amides is 2. The monoisotopic (exact) mass is 579 g/mol. The lowest BCUT2D eigenvalue weighted by Crippen LogP contribution is -2.41. The number of aromatic nitrogens is 1. The van der Waals surface area contributed by atoms with Crippen LogP contribution in [0.5, 0.6) is 0 Å². The van der Waals surface area contributed by atoms with Crippen molar-refractivity contribution in [2.75, 3.05) is 43.1 Å². The zero-order valence-electron chi connectivity index (χ0n) is 24.1. The molecular weight excluding hydrogens is 544 g/mol. The first-order valence-electron chi connectivity index (χ1n) is 14.4. The van der Waals surface area contributed by atoms with E-state index in [0.29, 0.717) is 11.2 Å². The van der Waals surface area contributed by atoms with Crippen molar-refractivity contribution in [3.8, 4) is 0 Å². The molecule has 9 nitrogen and oxygen atoms in total. The highest BCUT2D eigenvalue weighted by molar-refractivity contribution is 6.11. The summed E-state index contributed by atoms with van der Waals surface area (Å²) in [7, 11) is 0. The average molecular weight is 580 g/mol. The lowest BCUT2D eigenvalue weighted by Gasteiger charge is -2.39. The van der Waals surface area contributed by atoms with Crippen molar-refractivity contribution in [2.45, 2.75) is 58.1 Å². The second-order valence-corrected chi connectivity index (χ2v) is 12.5. The van der Waals surface area contributed by atoms with Gasteiger partial charge in [0, 0.05) is 26.1 Å². The first-order chi connectivity index (χ1) is 20.0. The number of imide groups is 1. The zero-order valence-corrected chi connectivity index (χ0v) is 24.1. The summed E-state index contributed by atoms with van der Waals surface area (Å²) in [6.07, 6.45) is 4.29. The van der Waals surface area contributed by atoms with Gasteiger partial charge in [-0.3, -0.25) is 9.79 Å². The number of ether oxygens (including phenoxy) is 2. The van der Waals surface area contributed by atoms with E-state index in [9.17, 15) is 18.4 Å². The second kappa shape index (κ2) is 10.8. The van der Waals surface area contributed by atoms with Crippen molar-refractivity contribution < 1.29 is 27.8 Å². The molecule has 11 heteroatoms. The largest absolute Gasteiger partial charge is 0.443 e. The summed E-state index contributed by atoms with van der Waals surface area (Å²) >= 11 is 0. The third-order valence-corrected chi connectivity index (χ3v) is 8.42. The molecule has 222 valence electrons. The Balaban J connectivity index is 1.24. The molecule has 1 unspecified atom stereocenters. The highest BCUT2D eigenvalue weighted by Crippen LogP contribution is 2.40. The van der Waals surface area contributed by atoms with E-state index < -0.39 is 35.3 Å². The third-order valence-electron chi connectivity index (χ3n) is 8.42. The van der Waals surface area contributed by atoms with E-state index in [0.717, 1.165) is 56.2 Å². The number of halogens is 2. The van der Waals surface area contributed by atoms with Gasteiger partial charge in [0.1, 0.15) is 23.1 Å². The van der Waals surface area contributed by atoms with E-state index in [1.165, 1.54) is 18.2 Å². The minimum Gasteiger partial charge on any atom is -0.443 e. The number of benzene rings is 1. The fourth-order valence-electron chi connectivity index (χ4n) is 6.16. The van der Waals surface area contributed by atoms with Crippen LogP contribution in [0.1, 0.15) is 52.0 Å². The number of piperidine rings is 1. The third kappa shape index (κ3) is 5.49. The van der Waals surface area contributed by atoms with Gasteiger partial charge in [0.15, 0.2) is 0 Å². The van der Waals surface area contributed by atoms with Crippen molar-refractivity contribution in [3.05, 3.63) is 65.0 Å². The van der Waals surface area contributed by atoms with Crippen LogP contribution < -0.4 is 10.2 Å². The lowest BCUT2D eigenvalue weighted by atomic mass is 9.78. The summed E-state index contributed by atoms with van der Waals surface area (Å²) in [4.78, 5) is 38.7. The molecule has 0 bridgehead atoms. The molecule has 2 amide bonds. The van der Waals surface area contributed by atoms with Gasteiger partial charge in [-0.1, -0.05) is 6.07 Å². The molecule has 0 radical (unpaired) electrons. The molecule has 1 aromatic heterocycles. The Morgan fingerprint density at radius 1 is 1.12 bits per heavy atom. The number of hydrogen-bond donors (Lipinski definition) is 1. The Kier molecular flexibility index (Phi) is 7.24. The number of carbonyl (C=O) groups is 2. The average Bonchev–Trinajstić information content (AvgIpc) is 3.53. The summed E-state index contributed by atoms with van der Waals surface area (Å²) in [5.74, 6) is -1.56. The molecule has 4 aliphatic rings. The van der Waals surface area contributed by atoms with E-state index in [1.54, 1.807) is 27.0 Å². The molecule has 1 N–H and O–H groups in total. The molecule has 5 heterocycles. The number of anilines is 2. The Labute approximate surface area is 243 Å². The van der Waals surface area contributed by atoms with Gasteiger partial charge >= 0.3 is 6.09 Å². The van der Waals surface area contributed by atoms with E-state index in [2.05, 4.69) is 20.2 Å². The van der Waals surface area contributed by atoms with Crippen molar-refractivity contribution in [3.63, 3.8) is 0 Å². The highest BCUT2D eigenvalue weighted by atomic mass is 19.1. The lowest BCUT2D eigenvalue weighted by molar-refractivity contribution is -0.125. The molecule has 4 aliphatic heterocycles. The molecule has 1 spiro atoms. The predicted octanol–water partition coefficient (Wildman–Crippen LogP) is 5.07. The predicted molar refractivity (Wildman–Crippen MR) is 153 cm³/mol. The van der Waals surface area contributed by atoms with E-state index in [1.807, 2.05) is 12.1 Å². The summed E-state index contributed by atoms with van der Waals surface area (Å²) in [5.41, 5.74) is 0.911. The van der Waals surface area contributed by atoms with Crippen LogP contribution in [0, 0.1) is 17.0 Å². The molecule has 0 saturated carbocycles. The van der Waals surface area contributed by atoms with Crippen LogP contribution in [0.25, 0.3) is 0 Å². The summed E-state index contributed by atoms with van der Waals surface area (Å²) in [6, 6.07) is 6.72. The number of aliphatic imine (C=N–C) groups is 1. The minimum absolute atomic E-state index is 0.0181. The van der Waals surface area contributed by atoms with Crippen molar-refractivity contribution in [1.29, 1.82) is 0 Å². The van der Waals surface area contributed by atoms with Crippen LogP contribution in [0.2, 0.25) is 0 Å². The van der Waals surface area contributed by atoms with Gasteiger partial charge in [0.25, 0.3) is 5.91 Å². The van der Waals surface area contributed by atoms with Gasteiger partial charge in [-0.05, 0) is 69.7 Å². The second-order valence-electron chi connectivity index (χ2n) is 12.5. The zero-order chi connectivity index (χ0) is 29.6. The molecule has 42 heavy (non-hydrogen) atoms. The molecule has 1 aromatic carbocycles. The molecular formula is C31H35F2N5O4. The van der Waals surface area contributed by atoms with Gasteiger partial charge in [-0.15, -0.1) is 0 Å².